The standard InChI is InChI=1S/C16H19NO3/c1-3-14(18)13-8-9-17(12-13)10-11-20-16-7-5-4-6-15(16)19-2/h4-9,12H,3,10-11H2,1-2H3. The van der Waals surface area contributed by atoms with E-state index in [1.54, 1.807) is 7.11 Å². The number of carbonyl (C=O) groups is 1. The highest BCUT2D eigenvalue weighted by atomic mass is 16.5. The van der Waals surface area contributed by atoms with Gasteiger partial charge in [-0.1, -0.05) is 19.1 Å². The molecule has 0 saturated carbocycles. The Bertz CT molecular complexity index is 575. The van der Waals surface area contributed by atoms with Crippen molar-refractivity contribution in [1.29, 1.82) is 0 Å². The molecule has 0 aliphatic heterocycles. The molecule has 1 aromatic heterocycles. The van der Waals surface area contributed by atoms with Crippen LogP contribution in [0.15, 0.2) is 42.7 Å². The Labute approximate surface area is 118 Å². The molecule has 1 heterocycles. The van der Waals surface area contributed by atoms with Crippen LogP contribution in [-0.2, 0) is 6.54 Å². The van der Waals surface area contributed by atoms with Crippen molar-refractivity contribution in [3.05, 3.63) is 48.3 Å². The van der Waals surface area contributed by atoms with E-state index in [2.05, 4.69) is 0 Å². The highest BCUT2D eigenvalue weighted by Crippen LogP contribution is 2.25. The molecule has 0 saturated heterocycles. The molecule has 1 aromatic carbocycles. The van der Waals surface area contributed by atoms with Gasteiger partial charge in [-0.15, -0.1) is 0 Å². The van der Waals surface area contributed by atoms with Gasteiger partial charge in [0.05, 0.1) is 13.7 Å². The van der Waals surface area contributed by atoms with Gasteiger partial charge in [0.25, 0.3) is 0 Å². The van der Waals surface area contributed by atoms with Gasteiger partial charge in [0.1, 0.15) is 6.61 Å². The van der Waals surface area contributed by atoms with Gasteiger partial charge in [0, 0.05) is 24.4 Å². The minimum absolute atomic E-state index is 0.161. The number of hydrogen-bond acceptors (Lipinski definition) is 3. The zero-order valence-corrected chi connectivity index (χ0v) is 11.8. The molecule has 20 heavy (non-hydrogen) atoms. The third kappa shape index (κ3) is 3.41. The van der Waals surface area contributed by atoms with Gasteiger partial charge in [-0.25, -0.2) is 0 Å². The highest BCUT2D eigenvalue weighted by Gasteiger charge is 2.05. The van der Waals surface area contributed by atoms with Crippen LogP contribution in [0.25, 0.3) is 0 Å². The molecule has 0 N–H and O–H groups in total. The third-order valence-electron chi connectivity index (χ3n) is 3.07. The first-order valence-electron chi connectivity index (χ1n) is 6.69. The van der Waals surface area contributed by atoms with Gasteiger partial charge in [0.15, 0.2) is 17.3 Å². The summed E-state index contributed by atoms with van der Waals surface area (Å²) in [6, 6.07) is 9.39. The van der Waals surface area contributed by atoms with E-state index in [1.165, 1.54) is 0 Å². The van der Waals surface area contributed by atoms with Crippen molar-refractivity contribution in [3.63, 3.8) is 0 Å². The number of carbonyl (C=O) groups excluding carboxylic acids is 1. The maximum atomic E-state index is 11.5. The first-order chi connectivity index (χ1) is 9.74. The largest absolute Gasteiger partial charge is 0.493 e. The van der Waals surface area contributed by atoms with Gasteiger partial charge in [0.2, 0.25) is 0 Å². The molecule has 2 aromatic rings. The van der Waals surface area contributed by atoms with Gasteiger partial charge < -0.3 is 14.0 Å². The number of aromatic nitrogens is 1. The maximum absolute atomic E-state index is 11.5. The normalized spacial score (nSPS) is 10.3. The zero-order chi connectivity index (χ0) is 14.4. The molecule has 0 fully saturated rings. The Kier molecular flexibility index (Phi) is 4.82. The molecular formula is C16H19NO3. The van der Waals surface area contributed by atoms with Crippen LogP contribution in [-0.4, -0.2) is 24.1 Å². The quantitative estimate of drug-likeness (QED) is 0.727. The van der Waals surface area contributed by atoms with E-state index in [9.17, 15) is 4.79 Å². The van der Waals surface area contributed by atoms with Crippen molar-refractivity contribution in [2.45, 2.75) is 19.9 Å². The highest BCUT2D eigenvalue weighted by molar-refractivity contribution is 5.95. The summed E-state index contributed by atoms with van der Waals surface area (Å²) in [6.45, 7) is 3.08. The van der Waals surface area contributed by atoms with Crippen molar-refractivity contribution < 1.29 is 14.3 Å². The lowest BCUT2D eigenvalue weighted by atomic mass is 10.2. The molecule has 2 rings (SSSR count). The summed E-state index contributed by atoms with van der Waals surface area (Å²) in [5, 5.41) is 0. The van der Waals surface area contributed by atoms with Crippen LogP contribution in [0, 0.1) is 0 Å². The van der Waals surface area contributed by atoms with Gasteiger partial charge in [-0.05, 0) is 18.2 Å². The average molecular weight is 273 g/mol. The number of benzene rings is 1. The molecule has 4 nitrogen and oxygen atoms in total. The van der Waals surface area contributed by atoms with E-state index in [-0.39, 0.29) is 5.78 Å². The van der Waals surface area contributed by atoms with Crippen molar-refractivity contribution in [2.24, 2.45) is 0 Å². The lowest BCUT2D eigenvalue weighted by molar-refractivity contribution is 0.0988. The second-order valence-corrected chi connectivity index (χ2v) is 4.41. The Morgan fingerprint density at radius 3 is 2.65 bits per heavy atom. The van der Waals surface area contributed by atoms with E-state index in [4.69, 9.17) is 9.47 Å². The molecular weight excluding hydrogens is 254 g/mol. The van der Waals surface area contributed by atoms with E-state index < -0.39 is 0 Å². The van der Waals surface area contributed by atoms with Crippen LogP contribution >= 0.6 is 0 Å². The molecule has 0 spiro atoms. The monoisotopic (exact) mass is 273 g/mol. The second kappa shape index (κ2) is 6.80. The third-order valence-corrected chi connectivity index (χ3v) is 3.07. The lowest BCUT2D eigenvalue weighted by Crippen LogP contribution is -2.07. The number of Topliss-reactive ketones (excluding diaryl/α,β-unsaturated/α-hetero) is 1. The van der Waals surface area contributed by atoms with Crippen molar-refractivity contribution in [3.8, 4) is 11.5 Å². The molecule has 0 atom stereocenters. The van der Waals surface area contributed by atoms with Crippen LogP contribution in [0.2, 0.25) is 0 Å². The number of hydrogen-bond donors (Lipinski definition) is 0. The van der Waals surface area contributed by atoms with E-state index in [1.807, 2.05) is 54.2 Å². The second-order valence-electron chi connectivity index (χ2n) is 4.41. The van der Waals surface area contributed by atoms with Gasteiger partial charge in [-0.3, -0.25) is 4.79 Å². The zero-order valence-electron chi connectivity index (χ0n) is 11.8. The summed E-state index contributed by atoms with van der Waals surface area (Å²) in [5.41, 5.74) is 0.754. The number of ether oxygens (including phenoxy) is 2. The molecule has 0 radical (unpaired) electrons. The summed E-state index contributed by atoms with van der Waals surface area (Å²) in [4.78, 5) is 11.5. The fraction of sp³-hybridized carbons (Fsp3) is 0.312. The Balaban J connectivity index is 1.89. The molecule has 0 aliphatic carbocycles. The van der Waals surface area contributed by atoms with Crippen molar-refractivity contribution >= 4 is 5.78 Å². The lowest BCUT2D eigenvalue weighted by Gasteiger charge is -2.10. The first kappa shape index (κ1) is 14.2. The van der Waals surface area contributed by atoms with Crippen molar-refractivity contribution in [1.82, 2.24) is 4.57 Å². The maximum Gasteiger partial charge on any atom is 0.164 e. The first-order valence-corrected chi connectivity index (χ1v) is 6.69. The number of methoxy groups -OCH3 is 1. The predicted octanol–water partition coefficient (Wildman–Crippen LogP) is 3.17. The molecule has 0 unspecified atom stereocenters. The number of ketones is 1. The SMILES string of the molecule is CCC(=O)c1ccn(CCOc2ccccc2OC)c1. The molecule has 0 amide bonds. The Morgan fingerprint density at radius 2 is 1.95 bits per heavy atom. The molecule has 4 heteroatoms. The summed E-state index contributed by atoms with van der Waals surface area (Å²) >= 11 is 0. The fourth-order valence-corrected chi connectivity index (χ4v) is 1.95. The van der Waals surface area contributed by atoms with Crippen LogP contribution in [0.1, 0.15) is 23.7 Å². The average Bonchev–Trinajstić information content (AvgIpc) is 2.96. The number of para-hydroxylation sites is 2. The Morgan fingerprint density at radius 1 is 1.20 bits per heavy atom. The van der Waals surface area contributed by atoms with E-state index in [0.717, 1.165) is 17.1 Å². The van der Waals surface area contributed by atoms with Gasteiger partial charge in [-0.2, -0.15) is 0 Å². The predicted molar refractivity (Wildman–Crippen MR) is 77.5 cm³/mol. The van der Waals surface area contributed by atoms with Crippen LogP contribution in [0.3, 0.4) is 0 Å². The van der Waals surface area contributed by atoms with Crippen LogP contribution < -0.4 is 9.47 Å². The summed E-state index contributed by atoms with van der Waals surface area (Å²) in [7, 11) is 1.62. The van der Waals surface area contributed by atoms with E-state index >= 15 is 0 Å². The molecule has 106 valence electrons. The van der Waals surface area contributed by atoms with Gasteiger partial charge >= 0.3 is 0 Å². The molecule has 0 aliphatic rings. The number of nitrogens with zero attached hydrogens (tertiary/aromatic N) is 1. The van der Waals surface area contributed by atoms with Crippen LogP contribution in [0.5, 0.6) is 11.5 Å². The van der Waals surface area contributed by atoms with Crippen LogP contribution in [0.4, 0.5) is 0 Å². The summed E-state index contributed by atoms with van der Waals surface area (Å²) in [6.07, 6.45) is 4.29. The Hall–Kier alpha value is -2.23. The fourth-order valence-electron chi connectivity index (χ4n) is 1.95. The van der Waals surface area contributed by atoms with E-state index in [0.29, 0.717) is 19.6 Å². The molecule has 0 bridgehead atoms. The van der Waals surface area contributed by atoms with Crippen molar-refractivity contribution in [2.75, 3.05) is 13.7 Å². The summed E-state index contributed by atoms with van der Waals surface area (Å²) in [5.74, 6) is 1.61. The minimum atomic E-state index is 0.161. The topological polar surface area (TPSA) is 40.5 Å². The summed E-state index contributed by atoms with van der Waals surface area (Å²) < 4.78 is 12.9. The number of rotatable bonds is 7. The smallest absolute Gasteiger partial charge is 0.164 e. The minimum Gasteiger partial charge on any atom is -0.493 e.